The van der Waals surface area contributed by atoms with Gasteiger partial charge in [0.25, 0.3) is 5.56 Å². The monoisotopic (exact) mass is 514 g/mol. The Morgan fingerprint density at radius 2 is 2.06 bits per heavy atom. The molecule has 33 heavy (non-hydrogen) atoms. The second-order valence-corrected chi connectivity index (χ2v) is 10.7. The molecule has 1 aromatic carbocycles. The molecule has 4 atom stereocenters. The van der Waals surface area contributed by atoms with E-state index in [9.17, 15) is 9.59 Å². The van der Waals surface area contributed by atoms with Crippen molar-refractivity contribution >= 4 is 44.2 Å². The largest absolute Gasteiger partial charge is 0.380 e. The van der Waals surface area contributed by atoms with Gasteiger partial charge in [-0.3, -0.25) is 9.59 Å². The van der Waals surface area contributed by atoms with Gasteiger partial charge in [-0.2, -0.15) is 5.10 Å². The fraction of sp³-hybridized carbons (Fsp3) is 0.500. The molecule has 0 bridgehead atoms. The molecule has 0 saturated heterocycles. The van der Waals surface area contributed by atoms with E-state index in [4.69, 9.17) is 0 Å². The Morgan fingerprint density at radius 3 is 2.82 bits per heavy atom. The number of carbonyl (C=O) groups excluding carboxylic acids is 1. The molecule has 0 radical (unpaired) electrons. The van der Waals surface area contributed by atoms with Crippen LogP contribution in [0.5, 0.6) is 0 Å². The number of aromatic amines is 1. The van der Waals surface area contributed by atoms with E-state index in [0.29, 0.717) is 33.6 Å². The van der Waals surface area contributed by atoms with Gasteiger partial charge in [-0.25, -0.2) is 9.67 Å². The number of hydrogen-bond donors (Lipinski definition) is 3. The molecule has 176 valence electrons. The van der Waals surface area contributed by atoms with Crippen molar-refractivity contribution in [1.29, 1.82) is 0 Å². The summed E-state index contributed by atoms with van der Waals surface area (Å²) in [4.78, 5) is 32.6. The van der Waals surface area contributed by atoms with Crippen molar-refractivity contribution in [3.05, 3.63) is 45.5 Å². The van der Waals surface area contributed by atoms with Gasteiger partial charge < -0.3 is 15.6 Å². The molecule has 2 heterocycles. The van der Waals surface area contributed by atoms with Gasteiger partial charge in [-0.15, -0.1) is 0 Å². The minimum Gasteiger partial charge on any atom is -0.380 e. The van der Waals surface area contributed by atoms with Crippen molar-refractivity contribution < 1.29 is 4.79 Å². The molecular formula is C24H31BrN6O2. The average Bonchev–Trinajstić information content (AvgIpc) is 3.24. The number of fused-ring (bicyclic) bond motifs is 1. The molecule has 0 spiro atoms. The molecule has 1 fully saturated rings. The number of halogens is 1. The zero-order valence-electron chi connectivity index (χ0n) is 19.6. The highest BCUT2D eigenvalue weighted by Gasteiger charge is 2.43. The number of carbonyl (C=O) groups is 1. The third-order valence-corrected chi connectivity index (χ3v) is 8.56. The van der Waals surface area contributed by atoms with Crippen molar-refractivity contribution in [2.45, 2.75) is 53.6 Å². The number of nitrogens with one attached hydrogen (secondary N) is 3. The Balaban J connectivity index is 1.45. The molecule has 1 aliphatic carbocycles. The van der Waals surface area contributed by atoms with Crippen molar-refractivity contribution in [3.63, 3.8) is 0 Å². The maximum Gasteiger partial charge on any atom is 0.283 e. The second-order valence-electron chi connectivity index (χ2n) is 9.87. The van der Waals surface area contributed by atoms with E-state index < -0.39 is 0 Å². The number of amides is 1. The number of imidazole rings is 1. The smallest absolute Gasteiger partial charge is 0.283 e. The molecule has 0 unspecified atom stereocenters. The molecule has 3 aromatic rings. The van der Waals surface area contributed by atoms with Gasteiger partial charge >= 0.3 is 0 Å². The van der Waals surface area contributed by atoms with Gasteiger partial charge in [-0.1, -0.05) is 34.6 Å². The minimum absolute atomic E-state index is 0.180. The molecular weight excluding hydrogens is 484 g/mol. The maximum absolute atomic E-state index is 12.9. The predicted molar refractivity (Wildman–Crippen MR) is 134 cm³/mol. The SMILES string of the molecule is C[C@@H]1[C@@H](C)C(C)(C)[C@@H](C)C[C@H]1Nc1cnn(CC(=O)Nc2ccc3nc[nH]c3c2)c(=O)c1Br. The standard InChI is InChI=1S/C24H31BrN6O2/c1-13-8-18(14(2)15(3)24(13,4)5)30-20-10-28-31(23(33)22(20)25)11-21(32)29-16-6-7-17-19(9-16)27-12-26-17/h6-7,9-10,12-15,18,30H,8,11H2,1-5H3,(H,26,27)(H,29,32)/t13-,14+,15+,18+/m0/s1. The highest BCUT2D eigenvalue weighted by atomic mass is 79.9. The Kier molecular flexibility index (Phi) is 6.35. The van der Waals surface area contributed by atoms with Gasteiger partial charge in [0.2, 0.25) is 5.91 Å². The lowest BCUT2D eigenvalue weighted by Gasteiger charge is -2.50. The van der Waals surface area contributed by atoms with Crippen LogP contribution < -0.4 is 16.2 Å². The fourth-order valence-corrected chi connectivity index (χ4v) is 5.21. The van der Waals surface area contributed by atoms with Crippen LogP contribution in [0, 0.1) is 23.2 Å². The van der Waals surface area contributed by atoms with Gasteiger partial charge in [-0.05, 0) is 63.7 Å². The van der Waals surface area contributed by atoms with Crippen molar-refractivity contribution in [1.82, 2.24) is 19.7 Å². The lowest BCUT2D eigenvalue weighted by Crippen LogP contribution is -2.48. The number of anilines is 2. The fourth-order valence-electron chi connectivity index (χ4n) is 4.79. The van der Waals surface area contributed by atoms with Gasteiger partial charge in [0.15, 0.2) is 0 Å². The first-order chi connectivity index (χ1) is 15.6. The van der Waals surface area contributed by atoms with Gasteiger partial charge in [0.1, 0.15) is 11.0 Å². The maximum atomic E-state index is 12.9. The number of nitrogens with zero attached hydrogens (tertiary/aromatic N) is 3. The van der Waals surface area contributed by atoms with Crippen LogP contribution in [0.2, 0.25) is 0 Å². The topological polar surface area (TPSA) is 105 Å². The summed E-state index contributed by atoms with van der Waals surface area (Å²) in [6.45, 7) is 11.4. The molecule has 1 aliphatic rings. The zero-order chi connectivity index (χ0) is 23.9. The zero-order valence-corrected chi connectivity index (χ0v) is 21.2. The number of rotatable bonds is 5. The summed E-state index contributed by atoms with van der Waals surface area (Å²) in [7, 11) is 0. The van der Waals surface area contributed by atoms with E-state index in [2.05, 4.69) is 76.2 Å². The van der Waals surface area contributed by atoms with E-state index >= 15 is 0 Å². The predicted octanol–water partition coefficient (Wildman–Crippen LogP) is 4.64. The highest BCUT2D eigenvalue weighted by Crippen LogP contribution is 2.48. The molecule has 0 aliphatic heterocycles. The molecule has 1 amide bonds. The first-order valence-corrected chi connectivity index (χ1v) is 12.1. The van der Waals surface area contributed by atoms with E-state index in [1.54, 1.807) is 24.7 Å². The van der Waals surface area contributed by atoms with Crippen LogP contribution in [-0.2, 0) is 11.3 Å². The molecule has 9 heteroatoms. The number of hydrogen-bond acceptors (Lipinski definition) is 5. The Bertz CT molecular complexity index is 1230. The molecule has 4 rings (SSSR count). The Morgan fingerprint density at radius 1 is 1.30 bits per heavy atom. The molecule has 8 nitrogen and oxygen atoms in total. The lowest BCUT2D eigenvalue weighted by atomic mass is 9.58. The number of H-pyrrole nitrogens is 1. The highest BCUT2D eigenvalue weighted by molar-refractivity contribution is 9.10. The lowest BCUT2D eigenvalue weighted by molar-refractivity contribution is -0.117. The van der Waals surface area contributed by atoms with E-state index in [1.807, 2.05) is 6.07 Å². The van der Waals surface area contributed by atoms with Crippen LogP contribution >= 0.6 is 15.9 Å². The average molecular weight is 515 g/mol. The van der Waals surface area contributed by atoms with Gasteiger partial charge in [0.05, 0.1) is 29.2 Å². The van der Waals surface area contributed by atoms with Gasteiger partial charge in [0, 0.05) is 11.7 Å². The van der Waals surface area contributed by atoms with Crippen molar-refractivity contribution in [2.75, 3.05) is 10.6 Å². The van der Waals surface area contributed by atoms with Crippen LogP contribution in [-0.4, -0.2) is 31.7 Å². The summed E-state index contributed by atoms with van der Waals surface area (Å²) >= 11 is 3.43. The third kappa shape index (κ3) is 4.55. The Hall–Kier alpha value is -2.68. The van der Waals surface area contributed by atoms with Crippen molar-refractivity contribution in [3.8, 4) is 0 Å². The summed E-state index contributed by atoms with van der Waals surface area (Å²) in [6, 6.07) is 5.64. The van der Waals surface area contributed by atoms with Crippen LogP contribution in [0.1, 0.15) is 41.0 Å². The summed E-state index contributed by atoms with van der Waals surface area (Å²) in [6.07, 6.45) is 4.25. The van der Waals surface area contributed by atoms with Crippen LogP contribution in [0.4, 0.5) is 11.4 Å². The summed E-state index contributed by atoms with van der Waals surface area (Å²) in [5, 5.41) is 10.6. The van der Waals surface area contributed by atoms with E-state index in [-0.39, 0.29) is 29.5 Å². The number of benzene rings is 1. The summed E-state index contributed by atoms with van der Waals surface area (Å²) in [5.41, 5.74) is 2.86. The first kappa shape index (κ1) is 23.5. The first-order valence-electron chi connectivity index (χ1n) is 11.3. The Labute approximate surface area is 201 Å². The molecule has 2 aromatic heterocycles. The van der Waals surface area contributed by atoms with Crippen LogP contribution in [0.15, 0.2) is 40.0 Å². The van der Waals surface area contributed by atoms with Crippen LogP contribution in [0.25, 0.3) is 11.0 Å². The normalized spacial score (nSPS) is 24.5. The second kappa shape index (κ2) is 8.93. The van der Waals surface area contributed by atoms with E-state index in [0.717, 1.165) is 22.1 Å². The minimum atomic E-state index is -0.343. The molecule has 1 saturated carbocycles. The molecule has 3 N–H and O–H groups in total. The van der Waals surface area contributed by atoms with Crippen LogP contribution in [0.3, 0.4) is 0 Å². The third-order valence-electron chi connectivity index (χ3n) is 7.80. The summed E-state index contributed by atoms with van der Waals surface area (Å²) in [5.74, 6) is 1.21. The quantitative estimate of drug-likeness (QED) is 0.459. The van der Waals surface area contributed by atoms with E-state index in [1.165, 1.54) is 0 Å². The number of aromatic nitrogens is 4. The van der Waals surface area contributed by atoms with Crippen molar-refractivity contribution in [2.24, 2.45) is 23.2 Å². The summed E-state index contributed by atoms with van der Waals surface area (Å²) < 4.78 is 1.55.